The van der Waals surface area contributed by atoms with Gasteiger partial charge in [0.05, 0.1) is 10.9 Å². The molecule has 0 amide bonds. The van der Waals surface area contributed by atoms with Gasteiger partial charge in [-0.25, -0.2) is 4.98 Å². The van der Waals surface area contributed by atoms with E-state index in [1.54, 1.807) is 0 Å². The van der Waals surface area contributed by atoms with E-state index in [0.717, 1.165) is 20.0 Å². The van der Waals surface area contributed by atoms with Crippen molar-refractivity contribution in [2.45, 2.75) is 0 Å². The van der Waals surface area contributed by atoms with E-state index < -0.39 is 0 Å². The van der Waals surface area contributed by atoms with Crippen molar-refractivity contribution in [3.8, 4) is 0 Å². The predicted octanol–water partition coefficient (Wildman–Crippen LogP) is 2.51. The molecule has 0 aliphatic heterocycles. The summed E-state index contributed by atoms with van der Waals surface area (Å²) in [4.78, 5) is 6.21. The molecule has 0 bridgehead atoms. The second kappa shape index (κ2) is 2.60. The van der Waals surface area contributed by atoms with Gasteiger partial charge in [0.2, 0.25) is 0 Å². The van der Waals surface area contributed by atoms with Crippen LogP contribution in [0, 0.1) is 0 Å². The Bertz CT molecular complexity index is 358. The monoisotopic (exact) mass is 275 g/mol. The van der Waals surface area contributed by atoms with Crippen molar-refractivity contribution < 1.29 is 4.98 Å². The van der Waals surface area contributed by atoms with E-state index in [0.29, 0.717) is 0 Å². The quantitative estimate of drug-likeness (QED) is 0.717. The van der Waals surface area contributed by atoms with Crippen LogP contribution in [0.15, 0.2) is 27.5 Å². The minimum atomic E-state index is 0.997. The summed E-state index contributed by atoms with van der Waals surface area (Å²) in [5.41, 5.74) is 1.11. The van der Waals surface area contributed by atoms with Gasteiger partial charge in [0.1, 0.15) is 4.47 Å². The van der Waals surface area contributed by atoms with Crippen LogP contribution in [0.5, 0.6) is 0 Å². The number of hydrogen-bond donors (Lipinski definition) is 1. The van der Waals surface area contributed by atoms with Gasteiger partial charge in [-0.3, -0.25) is 0 Å². The lowest BCUT2D eigenvalue weighted by atomic mass is 10.3. The Hall–Kier alpha value is -0.350. The number of fused-ring (bicyclic) bond motifs is 1. The summed E-state index contributed by atoms with van der Waals surface area (Å²) < 4.78 is 2.04. The van der Waals surface area contributed by atoms with Crippen molar-refractivity contribution in [3.05, 3.63) is 27.5 Å². The summed E-state index contributed by atoms with van der Waals surface area (Å²) in [7, 11) is 0. The number of hydrogen-bond acceptors (Lipinski definition) is 0. The molecule has 0 fully saturated rings. The van der Waals surface area contributed by atoms with Crippen LogP contribution in [0.3, 0.4) is 0 Å². The second-order valence-corrected chi connectivity index (χ2v) is 3.86. The predicted molar refractivity (Wildman–Crippen MR) is 50.3 cm³/mol. The normalized spacial score (nSPS) is 10.7. The molecule has 0 saturated carbocycles. The van der Waals surface area contributed by atoms with Gasteiger partial charge in [-0.2, -0.15) is 0 Å². The van der Waals surface area contributed by atoms with Crippen LogP contribution in [-0.4, -0.2) is 4.98 Å². The summed E-state index contributed by atoms with van der Waals surface area (Å²) in [6.45, 7) is 0. The highest BCUT2D eigenvalue weighted by Gasteiger charge is 2.08. The van der Waals surface area contributed by atoms with Crippen LogP contribution in [0.4, 0.5) is 0 Å². The molecule has 0 unspecified atom stereocenters. The molecule has 0 aliphatic carbocycles. The largest absolute Gasteiger partial charge is 0.360 e. The highest BCUT2D eigenvalue weighted by atomic mass is 79.9. The van der Waals surface area contributed by atoms with Crippen LogP contribution >= 0.6 is 31.9 Å². The Morgan fingerprint density at radius 1 is 1.36 bits per heavy atom. The van der Waals surface area contributed by atoms with Crippen LogP contribution in [-0.2, 0) is 0 Å². The number of aromatic nitrogens is 2. The highest BCUT2D eigenvalue weighted by Crippen LogP contribution is 2.24. The fourth-order valence-corrected chi connectivity index (χ4v) is 1.91. The molecule has 0 atom stereocenters. The summed E-state index contributed by atoms with van der Waals surface area (Å²) >= 11 is 6.84. The Labute approximate surface area is 80.3 Å². The van der Waals surface area contributed by atoms with Crippen molar-refractivity contribution in [3.63, 3.8) is 0 Å². The second-order valence-electron chi connectivity index (χ2n) is 2.22. The van der Waals surface area contributed by atoms with Gasteiger partial charge in [0, 0.05) is 22.1 Å². The molecule has 2 rings (SSSR count). The molecule has 0 aromatic carbocycles. The van der Waals surface area contributed by atoms with Crippen LogP contribution in [0.1, 0.15) is 0 Å². The van der Waals surface area contributed by atoms with Gasteiger partial charge in [-0.05, 0) is 22.0 Å². The average Bonchev–Trinajstić information content (AvgIpc) is 2.45. The van der Waals surface area contributed by atoms with Crippen molar-refractivity contribution in [2.24, 2.45) is 0 Å². The van der Waals surface area contributed by atoms with Crippen LogP contribution in [0.2, 0.25) is 0 Å². The zero-order chi connectivity index (χ0) is 7.84. The van der Waals surface area contributed by atoms with Gasteiger partial charge in [-0.15, -0.1) is 0 Å². The molecule has 0 radical (unpaired) electrons. The first-order valence-electron chi connectivity index (χ1n) is 3.12. The average molecular weight is 277 g/mol. The first kappa shape index (κ1) is 7.31. The van der Waals surface area contributed by atoms with Crippen molar-refractivity contribution in [2.75, 3.05) is 0 Å². The molecular weight excluding hydrogens is 272 g/mol. The molecule has 4 heteroatoms. The molecule has 2 N–H and O–H groups in total. The van der Waals surface area contributed by atoms with Crippen molar-refractivity contribution in [1.29, 1.82) is 0 Å². The number of halogens is 2. The number of H-pyrrole nitrogens is 2. The van der Waals surface area contributed by atoms with E-state index in [1.165, 1.54) is 0 Å². The molecule has 2 heterocycles. The smallest absolute Gasteiger partial charge is 0.255 e. The van der Waals surface area contributed by atoms with Gasteiger partial charge >= 0.3 is 0 Å². The highest BCUT2D eigenvalue weighted by molar-refractivity contribution is 9.11. The Balaban J connectivity index is 2.96. The summed E-state index contributed by atoms with van der Waals surface area (Å²) in [5.74, 6) is 0. The van der Waals surface area contributed by atoms with E-state index in [4.69, 9.17) is 0 Å². The Kier molecular flexibility index (Phi) is 1.73. The minimum Gasteiger partial charge on any atom is -0.360 e. The van der Waals surface area contributed by atoms with Gasteiger partial charge < -0.3 is 4.98 Å². The Morgan fingerprint density at radius 2 is 2.18 bits per heavy atom. The molecule has 11 heavy (non-hydrogen) atoms. The molecule has 56 valence electrons. The number of aromatic amines is 2. The third kappa shape index (κ3) is 1.10. The van der Waals surface area contributed by atoms with Crippen LogP contribution < -0.4 is 4.98 Å². The number of nitrogens with one attached hydrogen (secondary N) is 2. The molecule has 2 aromatic heterocycles. The van der Waals surface area contributed by atoms with Crippen LogP contribution in [0.25, 0.3) is 10.9 Å². The molecule has 0 aliphatic rings. The maximum atomic E-state index is 3.43. The van der Waals surface area contributed by atoms with Gasteiger partial charge in [0.15, 0.2) is 6.20 Å². The molecular formula is C7H5Br2N2+. The van der Waals surface area contributed by atoms with E-state index in [9.17, 15) is 0 Å². The fourth-order valence-electron chi connectivity index (χ4n) is 1.03. The first-order valence-corrected chi connectivity index (χ1v) is 4.70. The third-order valence-electron chi connectivity index (χ3n) is 1.55. The van der Waals surface area contributed by atoms with Gasteiger partial charge in [-0.1, -0.05) is 0 Å². The SMILES string of the molecule is Brc1[nH+]cc(Br)c2[nH]ccc12. The van der Waals surface area contributed by atoms with Crippen molar-refractivity contribution >= 4 is 42.8 Å². The first-order chi connectivity index (χ1) is 5.29. The maximum Gasteiger partial charge on any atom is 0.255 e. The molecule has 2 aromatic rings. The molecule has 0 spiro atoms. The van der Waals surface area contributed by atoms with E-state index in [1.807, 2.05) is 18.5 Å². The lowest BCUT2D eigenvalue weighted by Gasteiger charge is -1.89. The standard InChI is InChI=1S/C7H4Br2N2/c8-5-3-11-7(9)4-1-2-10-6(4)5/h1-3,10H/p+1. The summed E-state index contributed by atoms with van der Waals surface area (Å²) in [6.07, 6.45) is 3.80. The van der Waals surface area contributed by atoms with E-state index in [-0.39, 0.29) is 0 Å². The van der Waals surface area contributed by atoms with Gasteiger partial charge in [0.25, 0.3) is 4.60 Å². The summed E-state index contributed by atoms with van der Waals surface area (Å²) in [5, 5.41) is 1.15. The summed E-state index contributed by atoms with van der Waals surface area (Å²) in [6, 6.07) is 2.01. The Morgan fingerprint density at radius 3 is 2.91 bits per heavy atom. The van der Waals surface area contributed by atoms with E-state index >= 15 is 0 Å². The maximum absolute atomic E-state index is 3.43. The lowest BCUT2D eigenvalue weighted by molar-refractivity contribution is -0.390. The zero-order valence-electron chi connectivity index (χ0n) is 5.49. The molecule has 0 saturated heterocycles. The van der Waals surface area contributed by atoms with E-state index in [2.05, 4.69) is 41.8 Å². The zero-order valence-corrected chi connectivity index (χ0v) is 8.66. The topological polar surface area (TPSA) is 29.9 Å². The lowest BCUT2D eigenvalue weighted by Crippen LogP contribution is -2.02. The molecule has 2 nitrogen and oxygen atoms in total. The number of pyridine rings is 1. The number of rotatable bonds is 0. The van der Waals surface area contributed by atoms with Crippen molar-refractivity contribution in [1.82, 2.24) is 4.98 Å². The third-order valence-corrected chi connectivity index (χ3v) is 2.83. The minimum absolute atomic E-state index is 0.997. The fraction of sp³-hybridized carbons (Fsp3) is 0.